The van der Waals surface area contributed by atoms with E-state index < -0.39 is 0 Å². The predicted octanol–water partition coefficient (Wildman–Crippen LogP) is 3.71. The Morgan fingerprint density at radius 1 is 1.04 bits per heavy atom. The molecule has 0 aliphatic rings. The summed E-state index contributed by atoms with van der Waals surface area (Å²) >= 11 is 0. The lowest BCUT2D eigenvalue weighted by molar-refractivity contribution is 0.224. The lowest BCUT2D eigenvalue weighted by atomic mass is 9.86. The molecule has 0 bridgehead atoms. The number of nitrogens with one attached hydrogen (secondary N) is 2. The monoisotopic (exact) mass is 326 g/mol. The molecule has 0 spiro atoms. The summed E-state index contributed by atoms with van der Waals surface area (Å²) < 4.78 is 0. The van der Waals surface area contributed by atoms with Gasteiger partial charge in [0.2, 0.25) is 0 Å². The molecule has 0 fully saturated rings. The lowest BCUT2D eigenvalue weighted by Gasteiger charge is -2.24. The number of rotatable bonds is 5. The van der Waals surface area contributed by atoms with Gasteiger partial charge >= 0.3 is 6.03 Å². The SMILES string of the molecule is CC(C)(C)c1ccccc1NC(=O)NC(CO)Cc1ccccc1. The van der Waals surface area contributed by atoms with Crippen molar-refractivity contribution >= 4 is 11.7 Å². The summed E-state index contributed by atoms with van der Waals surface area (Å²) in [6, 6.07) is 17.0. The minimum absolute atomic E-state index is 0.0652. The second kappa shape index (κ2) is 7.97. The van der Waals surface area contributed by atoms with Gasteiger partial charge < -0.3 is 15.7 Å². The number of hydrogen-bond donors (Lipinski definition) is 3. The molecule has 24 heavy (non-hydrogen) atoms. The highest BCUT2D eigenvalue weighted by atomic mass is 16.3. The Morgan fingerprint density at radius 3 is 2.29 bits per heavy atom. The predicted molar refractivity (Wildman–Crippen MR) is 98.3 cm³/mol. The molecule has 2 amide bonds. The fourth-order valence-electron chi connectivity index (χ4n) is 2.65. The van der Waals surface area contributed by atoms with Crippen LogP contribution in [-0.4, -0.2) is 23.8 Å². The molecule has 0 radical (unpaired) electrons. The Hall–Kier alpha value is -2.33. The molecule has 0 saturated heterocycles. The van der Waals surface area contributed by atoms with Gasteiger partial charge in [-0.3, -0.25) is 0 Å². The van der Waals surface area contributed by atoms with Crippen LogP contribution < -0.4 is 10.6 Å². The fraction of sp³-hybridized carbons (Fsp3) is 0.350. The van der Waals surface area contributed by atoms with E-state index in [1.807, 2.05) is 54.6 Å². The first-order valence-corrected chi connectivity index (χ1v) is 8.22. The van der Waals surface area contributed by atoms with Crippen LogP contribution >= 0.6 is 0 Å². The van der Waals surface area contributed by atoms with Crippen molar-refractivity contribution in [2.45, 2.75) is 38.6 Å². The minimum atomic E-state index is -0.325. The van der Waals surface area contributed by atoms with Gasteiger partial charge in [0.25, 0.3) is 0 Å². The van der Waals surface area contributed by atoms with Crippen LogP contribution in [0.1, 0.15) is 31.9 Å². The van der Waals surface area contributed by atoms with Gasteiger partial charge in [0, 0.05) is 5.69 Å². The third-order valence-electron chi connectivity index (χ3n) is 3.86. The Morgan fingerprint density at radius 2 is 1.67 bits per heavy atom. The Kier molecular flexibility index (Phi) is 5.99. The topological polar surface area (TPSA) is 61.4 Å². The number of para-hydroxylation sites is 1. The zero-order valence-corrected chi connectivity index (χ0v) is 14.5. The molecule has 2 rings (SSSR count). The molecule has 0 aliphatic carbocycles. The third kappa shape index (κ3) is 5.10. The van der Waals surface area contributed by atoms with Crippen LogP contribution in [0.3, 0.4) is 0 Å². The number of aliphatic hydroxyl groups is 1. The largest absolute Gasteiger partial charge is 0.394 e. The van der Waals surface area contributed by atoms with Crippen molar-refractivity contribution in [2.24, 2.45) is 0 Å². The molecule has 0 heterocycles. The smallest absolute Gasteiger partial charge is 0.319 e. The molecule has 2 aromatic carbocycles. The number of carbonyl (C=O) groups is 1. The van der Waals surface area contributed by atoms with Gasteiger partial charge in [-0.15, -0.1) is 0 Å². The minimum Gasteiger partial charge on any atom is -0.394 e. The number of amides is 2. The van der Waals surface area contributed by atoms with Crippen LogP contribution in [0.4, 0.5) is 10.5 Å². The van der Waals surface area contributed by atoms with Crippen molar-refractivity contribution in [1.29, 1.82) is 0 Å². The summed E-state index contributed by atoms with van der Waals surface area (Å²) in [5.74, 6) is 0. The highest BCUT2D eigenvalue weighted by Crippen LogP contribution is 2.29. The molecule has 2 aromatic rings. The highest BCUT2D eigenvalue weighted by Gasteiger charge is 2.19. The average Bonchev–Trinajstić information content (AvgIpc) is 2.54. The van der Waals surface area contributed by atoms with Gasteiger partial charge in [0.05, 0.1) is 12.6 Å². The van der Waals surface area contributed by atoms with Gasteiger partial charge in [-0.1, -0.05) is 69.3 Å². The zero-order chi connectivity index (χ0) is 17.6. The Balaban J connectivity index is 2.02. The van der Waals surface area contributed by atoms with E-state index in [2.05, 4.69) is 31.4 Å². The van der Waals surface area contributed by atoms with Gasteiger partial charge in [0.1, 0.15) is 0 Å². The Bertz CT molecular complexity index is 663. The van der Waals surface area contributed by atoms with Crippen LogP contribution in [0.15, 0.2) is 54.6 Å². The van der Waals surface area contributed by atoms with E-state index in [0.29, 0.717) is 6.42 Å². The normalized spacial score (nSPS) is 12.5. The number of hydrogen-bond acceptors (Lipinski definition) is 2. The van der Waals surface area contributed by atoms with Gasteiger partial charge in [-0.25, -0.2) is 4.79 Å². The number of carbonyl (C=O) groups excluding carboxylic acids is 1. The number of anilines is 1. The molecule has 3 N–H and O–H groups in total. The van der Waals surface area contributed by atoms with Crippen molar-refractivity contribution < 1.29 is 9.90 Å². The molecule has 1 atom stereocenters. The van der Waals surface area contributed by atoms with E-state index in [1.54, 1.807) is 0 Å². The maximum atomic E-state index is 12.3. The van der Waals surface area contributed by atoms with Crippen LogP contribution in [0, 0.1) is 0 Å². The van der Waals surface area contributed by atoms with Crippen LogP contribution in [0.5, 0.6) is 0 Å². The molecule has 0 saturated carbocycles. The lowest BCUT2D eigenvalue weighted by Crippen LogP contribution is -2.41. The Labute approximate surface area is 143 Å². The average molecular weight is 326 g/mol. The zero-order valence-electron chi connectivity index (χ0n) is 14.5. The van der Waals surface area contributed by atoms with E-state index in [0.717, 1.165) is 16.8 Å². The summed E-state index contributed by atoms with van der Waals surface area (Å²) in [4.78, 5) is 12.3. The molecule has 0 aliphatic heterocycles. The number of urea groups is 1. The van der Waals surface area contributed by atoms with Crippen LogP contribution in [-0.2, 0) is 11.8 Å². The molecule has 1 unspecified atom stereocenters. The molecule has 128 valence electrons. The van der Waals surface area contributed by atoms with Gasteiger partial charge in [0.15, 0.2) is 0 Å². The maximum Gasteiger partial charge on any atom is 0.319 e. The van der Waals surface area contributed by atoms with Crippen molar-refractivity contribution in [1.82, 2.24) is 5.32 Å². The first-order chi connectivity index (χ1) is 11.4. The first-order valence-electron chi connectivity index (χ1n) is 8.22. The molecular weight excluding hydrogens is 300 g/mol. The molecule has 4 heteroatoms. The van der Waals surface area contributed by atoms with Crippen molar-refractivity contribution in [3.05, 3.63) is 65.7 Å². The first kappa shape index (κ1) is 18.0. The van der Waals surface area contributed by atoms with E-state index in [1.165, 1.54) is 0 Å². The van der Waals surface area contributed by atoms with Crippen molar-refractivity contribution in [3.63, 3.8) is 0 Å². The van der Waals surface area contributed by atoms with E-state index in [4.69, 9.17) is 0 Å². The van der Waals surface area contributed by atoms with Crippen LogP contribution in [0.2, 0.25) is 0 Å². The van der Waals surface area contributed by atoms with E-state index in [9.17, 15) is 9.90 Å². The second-order valence-corrected chi connectivity index (χ2v) is 6.96. The molecule has 4 nitrogen and oxygen atoms in total. The van der Waals surface area contributed by atoms with E-state index >= 15 is 0 Å². The quantitative estimate of drug-likeness (QED) is 0.784. The summed E-state index contributed by atoms with van der Waals surface area (Å²) in [6.45, 7) is 6.22. The maximum absolute atomic E-state index is 12.3. The third-order valence-corrected chi connectivity index (χ3v) is 3.86. The van der Waals surface area contributed by atoms with Gasteiger partial charge in [-0.2, -0.15) is 0 Å². The number of aliphatic hydroxyl groups excluding tert-OH is 1. The summed E-state index contributed by atoms with van der Waals surface area (Å²) in [5, 5.41) is 15.3. The number of benzene rings is 2. The highest BCUT2D eigenvalue weighted by molar-refractivity contribution is 5.90. The van der Waals surface area contributed by atoms with E-state index in [-0.39, 0.29) is 24.1 Å². The molecular formula is C20H26N2O2. The molecule has 0 aromatic heterocycles. The second-order valence-electron chi connectivity index (χ2n) is 6.96. The summed E-state index contributed by atoms with van der Waals surface area (Å²) in [7, 11) is 0. The standard InChI is InChI=1S/C20H26N2O2/c1-20(2,3)17-11-7-8-12-18(17)22-19(24)21-16(14-23)13-15-9-5-4-6-10-15/h4-12,16,23H,13-14H2,1-3H3,(H2,21,22,24). The van der Waals surface area contributed by atoms with Gasteiger partial charge in [-0.05, 0) is 29.0 Å². The van der Waals surface area contributed by atoms with Crippen molar-refractivity contribution in [3.8, 4) is 0 Å². The van der Waals surface area contributed by atoms with Crippen LogP contribution in [0.25, 0.3) is 0 Å². The summed E-state index contributed by atoms with van der Waals surface area (Å²) in [6.07, 6.45) is 0.589. The fourth-order valence-corrected chi connectivity index (χ4v) is 2.65. The van der Waals surface area contributed by atoms with Crippen molar-refractivity contribution in [2.75, 3.05) is 11.9 Å². The summed E-state index contributed by atoms with van der Waals surface area (Å²) in [5.41, 5.74) is 2.87.